The molecule has 5 heteroatoms. The van der Waals surface area contributed by atoms with E-state index in [1.165, 1.54) is 0 Å². The molecule has 94 valence electrons. The van der Waals surface area contributed by atoms with E-state index in [0.717, 1.165) is 5.56 Å². The van der Waals surface area contributed by atoms with Crippen LogP contribution in [-0.4, -0.2) is 22.2 Å². The Bertz CT molecular complexity index is 500. The second-order valence-electron chi connectivity index (χ2n) is 3.60. The molecule has 0 unspecified atom stereocenters. The van der Waals surface area contributed by atoms with Crippen LogP contribution >= 0.6 is 0 Å². The van der Waals surface area contributed by atoms with Crippen molar-refractivity contribution < 1.29 is 14.6 Å². The Morgan fingerprint density at radius 1 is 1.22 bits per heavy atom. The van der Waals surface area contributed by atoms with Crippen LogP contribution in [0.1, 0.15) is 11.3 Å². The van der Waals surface area contributed by atoms with Gasteiger partial charge in [0.05, 0.1) is 31.2 Å². The van der Waals surface area contributed by atoms with E-state index >= 15 is 0 Å². The Morgan fingerprint density at radius 2 is 2.11 bits per heavy atom. The van der Waals surface area contributed by atoms with Crippen LogP contribution < -0.4 is 9.47 Å². The van der Waals surface area contributed by atoms with Gasteiger partial charge in [-0.3, -0.25) is 4.98 Å². The van der Waals surface area contributed by atoms with Gasteiger partial charge in [0.15, 0.2) is 0 Å². The molecule has 0 fully saturated rings. The number of aromatic nitrogens is 2. The van der Waals surface area contributed by atoms with Crippen molar-refractivity contribution >= 4 is 0 Å². The van der Waals surface area contributed by atoms with Crippen molar-refractivity contribution in [2.75, 3.05) is 7.11 Å². The average molecular weight is 246 g/mol. The van der Waals surface area contributed by atoms with Gasteiger partial charge in [-0.05, 0) is 24.3 Å². The summed E-state index contributed by atoms with van der Waals surface area (Å²) >= 11 is 0. The molecule has 2 heterocycles. The molecule has 0 saturated carbocycles. The van der Waals surface area contributed by atoms with Crippen LogP contribution in [0.5, 0.6) is 11.6 Å². The van der Waals surface area contributed by atoms with Gasteiger partial charge in [-0.2, -0.15) is 0 Å². The molecule has 2 aromatic heterocycles. The molecule has 0 bridgehead atoms. The minimum Gasteiger partial charge on any atom is -0.487 e. The molecule has 5 nitrogen and oxygen atoms in total. The summed E-state index contributed by atoms with van der Waals surface area (Å²) in [6, 6.07) is 7.20. The summed E-state index contributed by atoms with van der Waals surface area (Å²) in [7, 11) is 1.57. The predicted octanol–water partition coefficient (Wildman–Crippen LogP) is 1.56. The SMILES string of the molecule is COc1ncccc1COc1ccc(CO)nc1. The van der Waals surface area contributed by atoms with Gasteiger partial charge in [-0.15, -0.1) is 0 Å². The lowest BCUT2D eigenvalue weighted by Crippen LogP contribution is -2.00. The molecule has 0 aliphatic heterocycles. The average Bonchev–Trinajstić information content (AvgIpc) is 2.46. The van der Waals surface area contributed by atoms with E-state index in [1.807, 2.05) is 12.1 Å². The summed E-state index contributed by atoms with van der Waals surface area (Å²) in [5.74, 6) is 1.19. The lowest BCUT2D eigenvalue weighted by Gasteiger charge is -2.08. The first-order valence-corrected chi connectivity index (χ1v) is 5.50. The van der Waals surface area contributed by atoms with Crippen LogP contribution in [-0.2, 0) is 13.2 Å². The fraction of sp³-hybridized carbons (Fsp3) is 0.231. The molecule has 18 heavy (non-hydrogen) atoms. The monoisotopic (exact) mass is 246 g/mol. The predicted molar refractivity (Wildman–Crippen MR) is 65.3 cm³/mol. The number of ether oxygens (including phenoxy) is 2. The maximum Gasteiger partial charge on any atom is 0.219 e. The normalized spacial score (nSPS) is 10.1. The zero-order valence-electron chi connectivity index (χ0n) is 10.0. The largest absolute Gasteiger partial charge is 0.487 e. The fourth-order valence-electron chi connectivity index (χ4n) is 1.47. The summed E-state index contributed by atoms with van der Waals surface area (Å²) in [4.78, 5) is 8.12. The van der Waals surface area contributed by atoms with Gasteiger partial charge >= 0.3 is 0 Å². The Balaban J connectivity index is 2.02. The quantitative estimate of drug-likeness (QED) is 0.867. The lowest BCUT2D eigenvalue weighted by molar-refractivity contribution is 0.274. The fourth-order valence-corrected chi connectivity index (χ4v) is 1.47. The molecule has 0 saturated heterocycles. The van der Waals surface area contributed by atoms with Gasteiger partial charge in [0.2, 0.25) is 5.88 Å². The second kappa shape index (κ2) is 5.97. The number of rotatable bonds is 5. The van der Waals surface area contributed by atoms with Crippen LogP contribution in [0, 0.1) is 0 Å². The minimum absolute atomic E-state index is 0.0727. The van der Waals surface area contributed by atoms with Crippen molar-refractivity contribution in [1.29, 1.82) is 0 Å². The Morgan fingerprint density at radius 3 is 2.78 bits per heavy atom. The van der Waals surface area contributed by atoms with Crippen molar-refractivity contribution in [2.45, 2.75) is 13.2 Å². The summed E-state index contributed by atoms with van der Waals surface area (Å²) in [5.41, 5.74) is 1.48. The van der Waals surface area contributed by atoms with Crippen molar-refractivity contribution in [3.05, 3.63) is 47.9 Å². The Labute approximate surface area is 105 Å². The van der Waals surface area contributed by atoms with Crippen LogP contribution in [0.3, 0.4) is 0 Å². The van der Waals surface area contributed by atoms with Gasteiger partial charge < -0.3 is 14.6 Å². The van der Waals surface area contributed by atoms with Gasteiger partial charge in [0.25, 0.3) is 0 Å². The number of methoxy groups -OCH3 is 1. The number of aliphatic hydroxyl groups excluding tert-OH is 1. The molecule has 0 radical (unpaired) electrons. The third kappa shape index (κ3) is 2.95. The first kappa shape index (κ1) is 12.3. The summed E-state index contributed by atoms with van der Waals surface area (Å²) in [6.45, 7) is 0.286. The van der Waals surface area contributed by atoms with Crippen molar-refractivity contribution in [1.82, 2.24) is 9.97 Å². The molecular formula is C13H14N2O3. The highest BCUT2D eigenvalue weighted by molar-refractivity contribution is 5.26. The van der Waals surface area contributed by atoms with Gasteiger partial charge in [0, 0.05) is 6.20 Å². The van der Waals surface area contributed by atoms with E-state index in [1.54, 1.807) is 31.6 Å². The molecule has 0 aliphatic rings. The number of aliphatic hydroxyl groups is 1. The van der Waals surface area contributed by atoms with Crippen LogP contribution in [0.4, 0.5) is 0 Å². The highest BCUT2D eigenvalue weighted by Crippen LogP contribution is 2.17. The molecular weight excluding hydrogens is 232 g/mol. The molecule has 0 aliphatic carbocycles. The maximum absolute atomic E-state index is 8.88. The van der Waals surface area contributed by atoms with E-state index in [9.17, 15) is 0 Å². The number of hydrogen-bond donors (Lipinski definition) is 1. The Hall–Kier alpha value is -2.14. The lowest BCUT2D eigenvalue weighted by atomic mass is 10.3. The second-order valence-corrected chi connectivity index (χ2v) is 3.60. The smallest absolute Gasteiger partial charge is 0.219 e. The first-order valence-electron chi connectivity index (χ1n) is 5.50. The molecule has 0 spiro atoms. The van der Waals surface area contributed by atoms with E-state index < -0.39 is 0 Å². The van der Waals surface area contributed by atoms with Crippen LogP contribution in [0.2, 0.25) is 0 Å². The highest BCUT2D eigenvalue weighted by Gasteiger charge is 2.04. The number of pyridine rings is 2. The first-order chi connectivity index (χ1) is 8.83. The third-order valence-electron chi connectivity index (χ3n) is 2.40. The Kier molecular flexibility index (Phi) is 4.09. The van der Waals surface area contributed by atoms with Gasteiger partial charge in [-0.1, -0.05) is 0 Å². The topological polar surface area (TPSA) is 64.5 Å². The number of nitrogens with zero attached hydrogens (tertiary/aromatic N) is 2. The maximum atomic E-state index is 8.88. The van der Waals surface area contributed by atoms with Crippen LogP contribution in [0.25, 0.3) is 0 Å². The van der Waals surface area contributed by atoms with E-state index in [2.05, 4.69) is 9.97 Å². The van der Waals surface area contributed by atoms with E-state index in [4.69, 9.17) is 14.6 Å². The molecule has 0 amide bonds. The molecule has 1 N–H and O–H groups in total. The zero-order chi connectivity index (χ0) is 12.8. The van der Waals surface area contributed by atoms with E-state index in [0.29, 0.717) is 23.9 Å². The van der Waals surface area contributed by atoms with Crippen molar-refractivity contribution in [3.8, 4) is 11.6 Å². The molecule has 0 aromatic carbocycles. The highest BCUT2D eigenvalue weighted by atomic mass is 16.5. The summed E-state index contributed by atoms with van der Waals surface area (Å²) in [6.07, 6.45) is 3.24. The van der Waals surface area contributed by atoms with Crippen molar-refractivity contribution in [3.63, 3.8) is 0 Å². The van der Waals surface area contributed by atoms with Gasteiger partial charge in [0.1, 0.15) is 12.4 Å². The molecule has 0 atom stereocenters. The summed E-state index contributed by atoms with van der Waals surface area (Å²) < 4.78 is 10.7. The standard InChI is InChI=1S/C13H14N2O3/c1-17-13-10(3-2-6-14-13)9-18-12-5-4-11(8-16)15-7-12/h2-7,16H,8-9H2,1H3. The third-order valence-corrected chi connectivity index (χ3v) is 2.40. The molecule has 2 rings (SSSR count). The zero-order valence-corrected chi connectivity index (χ0v) is 10.0. The van der Waals surface area contributed by atoms with Gasteiger partial charge in [-0.25, -0.2) is 4.98 Å². The summed E-state index contributed by atoms with van der Waals surface area (Å²) in [5, 5.41) is 8.88. The minimum atomic E-state index is -0.0727. The van der Waals surface area contributed by atoms with Crippen molar-refractivity contribution in [2.24, 2.45) is 0 Å². The number of hydrogen-bond acceptors (Lipinski definition) is 5. The van der Waals surface area contributed by atoms with E-state index in [-0.39, 0.29) is 6.61 Å². The molecule has 2 aromatic rings. The van der Waals surface area contributed by atoms with Crippen LogP contribution in [0.15, 0.2) is 36.7 Å².